The average molecular weight is 277 g/mol. The van der Waals surface area contributed by atoms with Crippen molar-refractivity contribution in [2.45, 2.75) is 6.61 Å². The van der Waals surface area contributed by atoms with Gasteiger partial charge in [-0.2, -0.15) is 0 Å². The standard InChI is InChI=1S/C15H13ClO3/c1-18-10-11-3-2-4-14(7-11)19-15-8-13(16)6-5-12(15)9-17/h2-9H,10H2,1H3. The fraction of sp³-hybridized carbons (Fsp3) is 0.133. The molecule has 0 amide bonds. The highest BCUT2D eigenvalue weighted by atomic mass is 35.5. The molecular weight excluding hydrogens is 264 g/mol. The molecule has 0 aliphatic heterocycles. The number of carbonyl (C=O) groups excluding carboxylic acids is 1. The number of carbonyl (C=O) groups is 1. The number of ether oxygens (including phenoxy) is 2. The van der Waals surface area contributed by atoms with Gasteiger partial charge in [0.05, 0.1) is 12.2 Å². The van der Waals surface area contributed by atoms with Crippen molar-refractivity contribution >= 4 is 17.9 Å². The maximum atomic E-state index is 11.0. The summed E-state index contributed by atoms with van der Waals surface area (Å²) in [6, 6.07) is 12.4. The van der Waals surface area contributed by atoms with Crippen molar-refractivity contribution in [2.75, 3.05) is 7.11 Å². The minimum atomic E-state index is 0.442. The minimum Gasteiger partial charge on any atom is -0.457 e. The predicted octanol–water partition coefficient (Wildman–Crippen LogP) is 4.09. The molecular formula is C15H13ClO3. The van der Waals surface area contributed by atoms with Crippen LogP contribution in [0.1, 0.15) is 15.9 Å². The first-order valence-electron chi connectivity index (χ1n) is 5.73. The quantitative estimate of drug-likeness (QED) is 0.772. The van der Waals surface area contributed by atoms with Gasteiger partial charge in [-0.3, -0.25) is 4.79 Å². The van der Waals surface area contributed by atoms with E-state index in [1.54, 1.807) is 25.3 Å². The summed E-state index contributed by atoms with van der Waals surface area (Å²) < 4.78 is 10.8. The number of benzene rings is 2. The normalized spacial score (nSPS) is 10.2. The largest absolute Gasteiger partial charge is 0.457 e. The maximum absolute atomic E-state index is 11.0. The zero-order chi connectivity index (χ0) is 13.7. The Hall–Kier alpha value is -1.84. The molecule has 0 saturated heterocycles. The molecule has 98 valence electrons. The molecule has 0 atom stereocenters. The van der Waals surface area contributed by atoms with Gasteiger partial charge in [0, 0.05) is 18.2 Å². The average Bonchev–Trinajstić information content (AvgIpc) is 2.40. The molecule has 0 radical (unpaired) electrons. The predicted molar refractivity (Wildman–Crippen MR) is 74.1 cm³/mol. The second kappa shape index (κ2) is 6.36. The van der Waals surface area contributed by atoms with E-state index in [0.717, 1.165) is 11.8 Å². The summed E-state index contributed by atoms with van der Waals surface area (Å²) in [7, 11) is 1.63. The van der Waals surface area contributed by atoms with Gasteiger partial charge >= 0.3 is 0 Å². The second-order valence-electron chi connectivity index (χ2n) is 3.98. The van der Waals surface area contributed by atoms with Crippen molar-refractivity contribution in [3.63, 3.8) is 0 Å². The highest BCUT2D eigenvalue weighted by Gasteiger charge is 2.06. The van der Waals surface area contributed by atoms with Crippen molar-refractivity contribution in [3.8, 4) is 11.5 Å². The number of halogens is 1. The van der Waals surface area contributed by atoms with Crippen LogP contribution in [0.2, 0.25) is 5.02 Å². The lowest BCUT2D eigenvalue weighted by Crippen LogP contribution is -1.92. The summed E-state index contributed by atoms with van der Waals surface area (Å²) in [6.45, 7) is 0.507. The molecule has 3 nitrogen and oxygen atoms in total. The first-order valence-corrected chi connectivity index (χ1v) is 6.11. The van der Waals surface area contributed by atoms with E-state index in [1.165, 1.54) is 0 Å². The Bertz CT molecular complexity index is 581. The number of rotatable bonds is 5. The van der Waals surface area contributed by atoms with E-state index >= 15 is 0 Å². The highest BCUT2D eigenvalue weighted by molar-refractivity contribution is 6.30. The SMILES string of the molecule is COCc1cccc(Oc2cc(Cl)ccc2C=O)c1. The number of hydrogen-bond donors (Lipinski definition) is 0. The first kappa shape index (κ1) is 13.6. The van der Waals surface area contributed by atoms with Crippen LogP contribution in [0.25, 0.3) is 0 Å². The van der Waals surface area contributed by atoms with E-state index in [0.29, 0.717) is 28.7 Å². The molecule has 0 N–H and O–H groups in total. The van der Waals surface area contributed by atoms with Crippen molar-refractivity contribution in [1.29, 1.82) is 0 Å². The summed E-state index contributed by atoms with van der Waals surface area (Å²) in [6.07, 6.45) is 0.741. The number of aldehydes is 1. The zero-order valence-corrected chi connectivity index (χ0v) is 11.2. The van der Waals surface area contributed by atoms with Crippen LogP contribution in [-0.4, -0.2) is 13.4 Å². The zero-order valence-electron chi connectivity index (χ0n) is 10.4. The van der Waals surface area contributed by atoms with Crippen LogP contribution >= 0.6 is 11.6 Å². The van der Waals surface area contributed by atoms with Crippen LogP contribution in [0, 0.1) is 0 Å². The fourth-order valence-electron chi connectivity index (χ4n) is 1.69. The van der Waals surface area contributed by atoms with Crippen LogP contribution in [0.15, 0.2) is 42.5 Å². The maximum Gasteiger partial charge on any atom is 0.153 e. The van der Waals surface area contributed by atoms with Crippen molar-refractivity contribution < 1.29 is 14.3 Å². The Morgan fingerprint density at radius 2 is 2.05 bits per heavy atom. The van der Waals surface area contributed by atoms with Gasteiger partial charge in [0.1, 0.15) is 11.5 Å². The lowest BCUT2D eigenvalue weighted by Gasteiger charge is -2.09. The summed E-state index contributed by atoms with van der Waals surface area (Å²) in [5, 5.41) is 0.522. The molecule has 2 aromatic carbocycles. The van der Waals surface area contributed by atoms with Crippen molar-refractivity contribution in [1.82, 2.24) is 0 Å². The third kappa shape index (κ3) is 3.56. The molecule has 4 heteroatoms. The van der Waals surface area contributed by atoms with E-state index < -0.39 is 0 Å². The fourth-order valence-corrected chi connectivity index (χ4v) is 1.85. The Morgan fingerprint density at radius 1 is 1.21 bits per heavy atom. The van der Waals surface area contributed by atoms with E-state index in [4.69, 9.17) is 21.1 Å². The van der Waals surface area contributed by atoms with Crippen LogP contribution in [-0.2, 0) is 11.3 Å². The molecule has 0 saturated carbocycles. The van der Waals surface area contributed by atoms with Gasteiger partial charge in [-0.25, -0.2) is 0 Å². The Kier molecular flexibility index (Phi) is 4.55. The summed E-state index contributed by atoms with van der Waals surface area (Å²) in [5.74, 6) is 1.08. The molecule has 0 unspecified atom stereocenters. The Labute approximate surface area is 116 Å². The monoisotopic (exact) mass is 276 g/mol. The Morgan fingerprint density at radius 3 is 2.79 bits per heavy atom. The van der Waals surface area contributed by atoms with Gasteiger partial charge in [-0.15, -0.1) is 0 Å². The van der Waals surface area contributed by atoms with E-state index in [9.17, 15) is 4.79 Å². The molecule has 0 heterocycles. The van der Waals surface area contributed by atoms with Crippen molar-refractivity contribution in [3.05, 3.63) is 58.6 Å². The second-order valence-corrected chi connectivity index (χ2v) is 4.42. The van der Waals surface area contributed by atoms with E-state index in [2.05, 4.69) is 0 Å². The Balaban J connectivity index is 2.27. The van der Waals surface area contributed by atoms with E-state index in [-0.39, 0.29) is 0 Å². The first-order chi connectivity index (χ1) is 9.22. The molecule has 0 bridgehead atoms. The van der Waals surface area contributed by atoms with Gasteiger partial charge in [0.25, 0.3) is 0 Å². The molecule has 0 fully saturated rings. The molecule has 19 heavy (non-hydrogen) atoms. The van der Waals surface area contributed by atoms with Gasteiger partial charge < -0.3 is 9.47 Å². The molecule has 0 aliphatic rings. The van der Waals surface area contributed by atoms with Crippen LogP contribution in [0.5, 0.6) is 11.5 Å². The van der Waals surface area contributed by atoms with Crippen molar-refractivity contribution in [2.24, 2.45) is 0 Å². The molecule has 0 spiro atoms. The third-order valence-corrected chi connectivity index (χ3v) is 2.77. The lowest BCUT2D eigenvalue weighted by atomic mass is 10.2. The van der Waals surface area contributed by atoms with Crippen LogP contribution < -0.4 is 4.74 Å². The highest BCUT2D eigenvalue weighted by Crippen LogP contribution is 2.28. The molecule has 2 aromatic rings. The minimum absolute atomic E-state index is 0.442. The smallest absolute Gasteiger partial charge is 0.153 e. The van der Waals surface area contributed by atoms with Gasteiger partial charge in [-0.1, -0.05) is 23.7 Å². The lowest BCUT2D eigenvalue weighted by molar-refractivity contribution is 0.112. The third-order valence-electron chi connectivity index (χ3n) is 2.54. The van der Waals surface area contributed by atoms with Crippen LogP contribution in [0.3, 0.4) is 0 Å². The summed E-state index contributed by atoms with van der Waals surface area (Å²) in [5.41, 5.74) is 1.45. The molecule has 0 aromatic heterocycles. The number of methoxy groups -OCH3 is 1. The van der Waals surface area contributed by atoms with E-state index in [1.807, 2.05) is 24.3 Å². The van der Waals surface area contributed by atoms with Gasteiger partial charge in [0.15, 0.2) is 6.29 Å². The summed E-state index contributed by atoms with van der Waals surface area (Å²) in [4.78, 5) is 11.0. The molecule has 0 aliphatic carbocycles. The topological polar surface area (TPSA) is 35.5 Å². The van der Waals surface area contributed by atoms with Gasteiger partial charge in [0.2, 0.25) is 0 Å². The molecule has 2 rings (SSSR count). The summed E-state index contributed by atoms with van der Waals surface area (Å²) >= 11 is 5.91. The number of hydrogen-bond acceptors (Lipinski definition) is 3. The van der Waals surface area contributed by atoms with Gasteiger partial charge in [-0.05, 0) is 29.8 Å². The van der Waals surface area contributed by atoms with Crippen LogP contribution in [0.4, 0.5) is 0 Å².